The maximum atomic E-state index is 4.75. The van der Waals surface area contributed by atoms with Gasteiger partial charge in [-0.1, -0.05) is 45.0 Å². The van der Waals surface area contributed by atoms with Gasteiger partial charge in [0.25, 0.3) is 0 Å². The summed E-state index contributed by atoms with van der Waals surface area (Å²) in [4.78, 5) is 9.75. The van der Waals surface area contributed by atoms with Gasteiger partial charge < -0.3 is 20.4 Å². The van der Waals surface area contributed by atoms with Gasteiger partial charge in [-0.2, -0.15) is 0 Å². The van der Waals surface area contributed by atoms with Crippen LogP contribution in [-0.4, -0.2) is 75.2 Å². The Labute approximate surface area is 179 Å². The third kappa shape index (κ3) is 9.18. The van der Waals surface area contributed by atoms with E-state index in [9.17, 15) is 0 Å². The van der Waals surface area contributed by atoms with E-state index in [-0.39, 0.29) is 5.41 Å². The molecule has 0 bridgehead atoms. The van der Waals surface area contributed by atoms with Crippen molar-refractivity contribution in [2.24, 2.45) is 4.99 Å². The van der Waals surface area contributed by atoms with Gasteiger partial charge >= 0.3 is 0 Å². The first-order chi connectivity index (χ1) is 13.9. The molecule has 5 heteroatoms. The first kappa shape index (κ1) is 23.7. The normalized spacial score (nSPS) is 16.8. The van der Waals surface area contributed by atoms with Crippen molar-refractivity contribution in [1.82, 2.24) is 20.4 Å². The summed E-state index contributed by atoms with van der Waals surface area (Å²) in [6, 6.07) is 9.03. The highest BCUT2D eigenvalue weighted by atomic mass is 15.2. The SMILES string of the molecule is CCNC(=NCCCCN1CCN(C)CC1)NCCc1ccc(C(C)(C)C)cc1. The average molecular weight is 402 g/mol. The second kappa shape index (κ2) is 12.2. The lowest BCUT2D eigenvalue weighted by atomic mass is 9.86. The largest absolute Gasteiger partial charge is 0.357 e. The fourth-order valence-corrected chi connectivity index (χ4v) is 3.55. The predicted octanol–water partition coefficient (Wildman–Crippen LogP) is 3.11. The van der Waals surface area contributed by atoms with Crippen LogP contribution < -0.4 is 10.6 Å². The van der Waals surface area contributed by atoms with Crippen molar-refractivity contribution in [3.05, 3.63) is 35.4 Å². The number of benzene rings is 1. The van der Waals surface area contributed by atoms with Crippen LogP contribution in [0.1, 0.15) is 51.7 Å². The number of nitrogens with one attached hydrogen (secondary N) is 2. The summed E-state index contributed by atoms with van der Waals surface area (Å²) in [5.74, 6) is 0.943. The Balaban J connectivity index is 1.66. The number of aliphatic imine (C=N–C) groups is 1. The molecule has 2 rings (SSSR count). The standard InChI is InChI=1S/C24H43N5/c1-6-25-23(26-14-7-8-16-29-19-17-28(5)18-20-29)27-15-13-21-9-11-22(12-10-21)24(2,3)4/h9-12H,6-8,13-20H2,1-5H3,(H2,25,26,27). The molecule has 1 fully saturated rings. The van der Waals surface area contributed by atoms with E-state index in [0.29, 0.717) is 0 Å². The Morgan fingerprint density at radius 2 is 1.69 bits per heavy atom. The molecule has 1 saturated heterocycles. The predicted molar refractivity (Wildman–Crippen MR) is 126 cm³/mol. The molecule has 29 heavy (non-hydrogen) atoms. The quantitative estimate of drug-likeness (QED) is 0.379. The van der Waals surface area contributed by atoms with Gasteiger partial charge in [0, 0.05) is 45.8 Å². The van der Waals surface area contributed by atoms with Crippen LogP contribution in [0.25, 0.3) is 0 Å². The third-order valence-electron chi connectivity index (χ3n) is 5.62. The molecule has 0 aromatic heterocycles. The molecule has 0 amide bonds. The Kier molecular flexibility index (Phi) is 9.95. The number of unbranched alkanes of at least 4 members (excludes halogenated alkanes) is 1. The average Bonchev–Trinajstić information content (AvgIpc) is 2.69. The number of hydrogen-bond acceptors (Lipinski definition) is 3. The third-order valence-corrected chi connectivity index (χ3v) is 5.62. The van der Waals surface area contributed by atoms with E-state index in [1.807, 2.05) is 0 Å². The van der Waals surface area contributed by atoms with E-state index in [1.54, 1.807) is 0 Å². The molecule has 0 spiro atoms. The van der Waals surface area contributed by atoms with Crippen molar-refractivity contribution >= 4 is 5.96 Å². The molecule has 1 aromatic carbocycles. The Bertz CT molecular complexity index is 595. The molecule has 164 valence electrons. The van der Waals surface area contributed by atoms with Gasteiger partial charge in [0.2, 0.25) is 0 Å². The molecule has 1 aromatic rings. The topological polar surface area (TPSA) is 42.9 Å². The Morgan fingerprint density at radius 3 is 2.31 bits per heavy atom. The second-order valence-electron chi connectivity index (χ2n) is 9.24. The zero-order valence-electron chi connectivity index (χ0n) is 19.4. The van der Waals surface area contributed by atoms with Crippen LogP contribution in [0.2, 0.25) is 0 Å². The Hall–Kier alpha value is -1.59. The minimum atomic E-state index is 0.214. The lowest BCUT2D eigenvalue weighted by Crippen LogP contribution is -2.44. The molecule has 1 heterocycles. The monoisotopic (exact) mass is 401 g/mol. The van der Waals surface area contributed by atoms with Crippen LogP contribution in [0.15, 0.2) is 29.3 Å². The van der Waals surface area contributed by atoms with Gasteiger partial charge in [-0.25, -0.2) is 0 Å². The van der Waals surface area contributed by atoms with Crippen LogP contribution in [-0.2, 0) is 11.8 Å². The van der Waals surface area contributed by atoms with Gasteiger partial charge in [0.05, 0.1) is 0 Å². The molecule has 0 unspecified atom stereocenters. The van der Waals surface area contributed by atoms with Crippen LogP contribution in [0, 0.1) is 0 Å². The van der Waals surface area contributed by atoms with Gasteiger partial charge in [0.1, 0.15) is 0 Å². The highest BCUT2D eigenvalue weighted by molar-refractivity contribution is 5.79. The summed E-state index contributed by atoms with van der Waals surface area (Å²) in [5, 5.41) is 6.85. The van der Waals surface area contributed by atoms with Crippen molar-refractivity contribution in [3.8, 4) is 0 Å². The maximum Gasteiger partial charge on any atom is 0.191 e. The van der Waals surface area contributed by atoms with Crippen molar-refractivity contribution in [2.45, 2.75) is 52.4 Å². The molecule has 1 aliphatic rings. The van der Waals surface area contributed by atoms with E-state index in [2.05, 4.69) is 79.4 Å². The van der Waals surface area contributed by atoms with Crippen molar-refractivity contribution in [2.75, 3.05) is 59.4 Å². The Morgan fingerprint density at radius 1 is 1.00 bits per heavy atom. The van der Waals surface area contributed by atoms with Gasteiger partial charge in [-0.15, -0.1) is 0 Å². The van der Waals surface area contributed by atoms with E-state index in [0.717, 1.165) is 38.4 Å². The zero-order valence-corrected chi connectivity index (χ0v) is 19.4. The van der Waals surface area contributed by atoms with E-state index in [1.165, 1.54) is 50.3 Å². The molecule has 2 N–H and O–H groups in total. The van der Waals surface area contributed by atoms with Gasteiger partial charge in [0.15, 0.2) is 5.96 Å². The molecule has 1 aliphatic heterocycles. The molecule has 5 nitrogen and oxygen atoms in total. The van der Waals surface area contributed by atoms with Crippen molar-refractivity contribution < 1.29 is 0 Å². The summed E-state index contributed by atoms with van der Waals surface area (Å²) in [6.07, 6.45) is 3.39. The first-order valence-electron chi connectivity index (χ1n) is 11.4. The zero-order chi connectivity index (χ0) is 21.1. The van der Waals surface area contributed by atoms with E-state index < -0.39 is 0 Å². The number of rotatable bonds is 9. The fraction of sp³-hybridized carbons (Fsp3) is 0.708. The lowest BCUT2D eigenvalue weighted by molar-refractivity contribution is 0.152. The van der Waals surface area contributed by atoms with Crippen LogP contribution >= 0.6 is 0 Å². The number of piperazine rings is 1. The van der Waals surface area contributed by atoms with Crippen molar-refractivity contribution in [1.29, 1.82) is 0 Å². The number of guanidine groups is 1. The van der Waals surface area contributed by atoms with E-state index >= 15 is 0 Å². The molecular weight excluding hydrogens is 358 g/mol. The number of likely N-dealkylation sites (N-methyl/N-ethyl adjacent to an activating group) is 1. The minimum Gasteiger partial charge on any atom is -0.357 e. The summed E-state index contributed by atoms with van der Waals surface area (Å²) in [7, 11) is 2.21. The molecule has 0 saturated carbocycles. The van der Waals surface area contributed by atoms with Gasteiger partial charge in [-0.3, -0.25) is 4.99 Å². The summed E-state index contributed by atoms with van der Waals surface area (Å²) < 4.78 is 0. The highest BCUT2D eigenvalue weighted by Gasteiger charge is 2.13. The molecule has 0 atom stereocenters. The lowest BCUT2D eigenvalue weighted by Gasteiger charge is -2.32. The summed E-state index contributed by atoms with van der Waals surface area (Å²) >= 11 is 0. The molecule has 0 aliphatic carbocycles. The summed E-state index contributed by atoms with van der Waals surface area (Å²) in [6.45, 7) is 17.6. The summed E-state index contributed by atoms with van der Waals surface area (Å²) in [5.41, 5.74) is 2.97. The minimum absolute atomic E-state index is 0.214. The van der Waals surface area contributed by atoms with E-state index in [4.69, 9.17) is 4.99 Å². The second-order valence-corrected chi connectivity index (χ2v) is 9.24. The molecule has 0 radical (unpaired) electrons. The van der Waals surface area contributed by atoms with Crippen LogP contribution in [0.5, 0.6) is 0 Å². The number of hydrogen-bond donors (Lipinski definition) is 2. The molecular formula is C24H43N5. The smallest absolute Gasteiger partial charge is 0.191 e. The highest BCUT2D eigenvalue weighted by Crippen LogP contribution is 2.22. The first-order valence-corrected chi connectivity index (χ1v) is 11.4. The van der Waals surface area contributed by atoms with Crippen molar-refractivity contribution in [3.63, 3.8) is 0 Å². The number of nitrogens with zero attached hydrogens (tertiary/aromatic N) is 3. The van der Waals surface area contributed by atoms with Crippen LogP contribution in [0.3, 0.4) is 0 Å². The van der Waals surface area contributed by atoms with Crippen LogP contribution in [0.4, 0.5) is 0 Å². The fourth-order valence-electron chi connectivity index (χ4n) is 3.55. The maximum absolute atomic E-state index is 4.75. The van der Waals surface area contributed by atoms with Gasteiger partial charge in [-0.05, 0) is 56.3 Å².